The van der Waals surface area contributed by atoms with E-state index < -0.39 is 23.9 Å². The van der Waals surface area contributed by atoms with E-state index in [4.69, 9.17) is 23.8 Å². The first-order valence-corrected chi connectivity index (χ1v) is 12.3. The van der Waals surface area contributed by atoms with Gasteiger partial charge in [0.25, 0.3) is 0 Å². The summed E-state index contributed by atoms with van der Waals surface area (Å²) < 4.78 is 24.0. The van der Waals surface area contributed by atoms with E-state index in [2.05, 4.69) is 39.8 Å². The molecular formula is C25H39BN2O5. The first-order chi connectivity index (χ1) is 15.3. The summed E-state index contributed by atoms with van der Waals surface area (Å²) >= 11 is 0. The van der Waals surface area contributed by atoms with E-state index in [1.54, 1.807) is 0 Å². The molecule has 7 nitrogen and oxygen atoms in total. The van der Waals surface area contributed by atoms with Crippen LogP contribution in [0, 0.1) is 0 Å². The number of aromatic nitrogens is 1. The highest BCUT2D eigenvalue weighted by molar-refractivity contribution is 6.62. The Balaban J connectivity index is 1.61. The molecule has 0 aromatic carbocycles. The van der Waals surface area contributed by atoms with E-state index in [1.807, 2.05) is 25.7 Å². The van der Waals surface area contributed by atoms with Gasteiger partial charge in [-0.3, -0.25) is 4.98 Å². The summed E-state index contributed by atoms with van der Waals surface area (Å²) in [6, 6.07) is 4.24. The number of carbonyl (C=O) groups is 1. The molecule has 33 heavy (non-hydrogen) atoms. The minimum absolute atomic E-state index is 0.148. The van der Waals surface area contributed by atoms with E-state index in [0.29, 0.717) is 19.7 Å². The first-order valence-electron chi connectivity index (χ1n) is 12.3. The molecule has 1 amide bonds. The number of rotatable bonds is 3. The van der Waals surface area contributed by atoms with Gasteiger partial charge in [-0.1, -0.05) is 0 Å². The fraction of sp³-hybridized carbons (Fsp3) is 0.760. The summed E-state index contributed by atoms with van der Waals surface area (Å²) in [6.45, 7) is 16.8. The summed E-state index contributed by atoms with van der Waals surface area (Å²) in [6.07, 6.45) is 2.63. The van der Waals surface area contributed by atoms with Crippen LogP contribution in [0.2, 0.25) is 0 Å². The third-order valence-electron chi connectivity index (χ3n) is 7.25. The van der Waals surface area contributed by atoms with Gasteiger partial charge in [0.05, 0.1) is 17.8 Å². The fourth-order valence-corrected chi connectivity index (χ4v) is 4.61. The van der Waals surface area contributed by atoms with Crippen molar-refractivity contribution in [2.45, 2.75) is 96.4 Å². The van der Waals surface area contributed by atoms with Gasteiger partial charge in [-0.05, 0) is 85.3 Å². The van der Waals surface area contributed by atoms with Gasteiger partial charge in [-0.15, -0.1) is 0 Å². The van der Waals surface area contributed by atoms with E-state index in [0.717, 1.165) is 42.7 Å². The zero-order chi connectivity index (χ0) is 24.0. The van der Waals surface area contributed by atoms with Gasteiger partial charge in [0.1, 0.15) is 5.60 Å². The lowest BCUT2D eigenvalue weighted by Crippen LogP contribution is -2.43. The summed E-state index contributed by atoms with van der Waals surface area (Å²) in [4.78, 5) is 19.6. The van der Waals surface area contributed by atoms with Crippen molar-refractivity contribution in [1.29, 1.82) is 0 Å². The lowest BCUT2D eigenvalue weighted by molar-refractivity contribution is 0.00578. The Kier molecular flexibility index (Phi) is 6.57. The van der Waals surface area contributed by atoms with Crippen molar-refractivity contribution in [3.05, 3.63) is 23.5 Å². The van der Waals surface area contributed by atoms with Gasteiger partial charge in [0.2, 0.25) is 0 Å². The Labute approximate surface area is 198 Å². The molecule has 1 aromatic heterocycles. The fourth-order valence-electron chi connectivity index (χ4n) is 4.61. The number of ether oxygens (including phenoxy) is 2. The molecule has 4 heterocycles. The van der Waals surface area contributed by atoms with Crippen molar-refractivity contribution in [3.8, 4) is 0 Å². The van der Waals surface area contributed by atoms with Crippen LogP contribution in [0.4, 0.5) is 4.79 Å². The van der Waals surface area contributed by atoms with Crippen molar-refractivity contribution in [1.82, 2.24) is 9.88 Å². The largest absolute Gasteiger partial charge is 0.494 e. The number of pyridine rings is 1. The van der Waals surface area contributed by atoms with E-state index in [9.17, 15) is 4.79 Å². The molecule has 2 unspecified atom stereocenters. The molecule has 3 fully saturated rings. The molecule has 3 saturated heterocycles. The zero-order valence-electron chi connectivity index (χ0n) is 21.3. The molecule has 0 spiro atoms. The smallest absolute Gasteiger partial charge is 0.444 e. The molecule has 0 bridgehead atoms. The van der Waals surface area contributed by atoms with Crippen LogP contribution in [-0.2, 0) is 18.8 Å². The molecule has 0 N–H and O–H groups in total. The summed E-state index contributed by atoms with van der Waals surface area (Å²) in [5, 5.41) is 0. The normalized spacial score (nSPS) is 27.1. The third kappa shape index (κ3) is 5.38. The number of piperidine rings is 1. The van der Waals surface area contributed by atoms with Gasteiger partial charge in [0, 0.05) is 42.9 Å². The highest BCUT2D eigenvalue weighted by Gasteiger charge is 2.52. The van der Waals surface area contributed by atoms with Crippen molar-refractivity contribution in [2.75, 3.05) is 26.3 Å². The highest BCUT2D eigenvalue weighted by Crippen LogP contribution is 2.37. The topological polar surface area (TPSA) is 70.1 Å². The lowest BCUT2D eigenvalue weighted by Gasteiger charge is -2.34. The Morgan fingerprint density at radius 3 is 2.30 bits per heavy atom. The molecule has 3 aliphatic heterocycles. The molecule has 8 heteroatoms. The van der Waals surface area contributed by atoms with Crippen molar-refractivity contribution < 1.29 is 23.6 Å². The first kappa shape index (κ1) is 24.5. The van der Waals surface area contributed by atoms with Crippen LogP contribution in [0.3, 0.4) is 0 Å². The maximum absolute atomic E-state index is 12.7. The number of nitrogens with zero attached hydrogens (tertiary/aromatic N) is 2. The minimum Gasteiger partial charge on any atom is -0.444 e. The second-order valence-corrected chi connectivity index (χ2v) is 11.7. The van der Waals surface area contributed by atoms with Crippen LogP contribution in [0.1, 0.15) is 91.0 Å². The van der Waals surface area contributed by atoms with Gasteiger partial charge in [-0.25, -0.2) is 4.79 Å². The van der Waals surface area contributed by atoms with E-state index in [1.165, 1.54) is 0 Å². The average molecular weight is 458 g/mol. The van der Waals surface area contributed by atoms with Crippen molar-refractivity contribution >= 4 is 18.7 Å². The quantitative estimate of drug-likeness (QED) is 0.638. The van der Waals surface area contributed by atoms with Crippen LogP contribution < -0.4 is 5.46 Å². The van der Waals surface area contributed by atoms with Gasteiger partial charge >= 0.3 is 13.2 Å². The average Bonchev–Trinajstić information content (AvgIpc) is 3.33. The molecule has 3 aliphatic rings. The third-order valence-corrected chi connectivity index (χ3v) is 7.25. The highest BCUT2D eigenvalue weighted by atomic mass is 16.7. The van der Waals surface area contributed by atoms with E-state index >= 15 is 0 Å². The van der Waals surface area contributed by atoms with Crippen LogP contribution in [-0.4, -0.2) is 66.2 Å². The monoisotopic (exact) mass is 458 g/mol. The number of carbonyl (C=O) groups excluding carboxylic acids is 1. The maximum Gasteiger partial charge on any atom is 0.494 e. The van der Waals surface area contributed by atoms with Gasteiger partial charge in [-0.2, -0.15) is 0 Å². The van der Waals surface area contributed by atoms with Crippen LogP contribution in [0.5, 0.6) is 0 Å². The standard InChI is InChI=1S/C25H39BN2O5/c1-23(2,3)31-22(29)28-11-8-9-17(15-28)20-13-19(14-21(27-20)18-10-12-30-16-18)26-32-24(4,5)25(6,7)33-26/h13-14,17-18H,8-12,15-16H2,1-7H3. The molecule has 2 atom stereocenters. The lowest BCUT2D eigenvalue weighted by atomic mass is 9.77. The van der Waals surface area contributed by atoms with Crippen molar-refractivity contribution in [2.24, 2.45) is 0 Å². The number of likely N-dealkylation sites (tertiary alicyclic amines) is 1. The molecule has 1 aromatic rings. The summed E-state index contributed by atoms with van der Waals surface area (Å²) in [5.74, 6) is 0.423. The maximum atomic E-state index is 12.7. The molecule has 0 aliphatic carbocycles. The van der Waals surface area contributed by atoms with E-state index in [-0.39, 0.29) is 17.9 Å². The van der Waals surface area contributed by atoms with Crippen LogP contribution in [0.25, 0.3) is 0 Å². The Bertz CT molecular complexity index is 860. The number of hydrogen-bond acceptors (Lipinski definition) is 6. The van der Waals surface area contributed by atoms with Crippen LogP contribution >= 0.6 is 0 Å². The molecule has 4 rings (SSSR count). The second-order valence-electron chi connectivity index (χ2n) is 11.7. The summed E-state index contributed by atoms with van der Waals surface area (Å²) in [7, 11) is -0.441. The minimum atomic E-state index is -0.505. The second kappa shape index (κ2) is 8.86. The Morgan fingerprint density at radius 2 is 1.73 bits per heavy atom. The van der Waals surface area contributed by atoms with Gasteiger partial charge in [0.15, 0.2) is 0 Å². The zero-order valence-corrected chi connectivity index (χ0v) is 21.3. The predicted molar refractivity (Wildman–Crippen MR) is 128 cm³/mol. The molecule has 182 valence electrons. The van der Waals surface area contributed by atoms with Gasteiger partial charge < -0.3 is 23.7 Å². The number of amides is 1. The summed E-state index contributed by atoms with van der Waals surface area (Å²) in [5.41, 5.74) is 1.71. The number of hydrogen-bond donors (Lipinski definition) is 0. The van der Waals surface area contributed by atoms with Crippen molar-refractivity contribution in [3.63, 3.8) is 0 Å². The molecular weight excluding hydrogens is 419 g/mol. The Hall–Kier alpha value is -1.64. The van der Waals surface area contributed by atoms with Crippen LogP contribution in [0.15, 0.2) is 12.1 Å². The predicted octanol–water partition coefficient (Wildman–Crippen LogP) is 4.00. The SMILES string of the molecule is CC(C)(C)OC(=O)N1CCCC(c2cc(B3OC(C)(C)C(C)(C)O3)cc(C3CCOC3)n2)C1. The molecule has 0 radical (unpaired) electrons. The Morgan fingerprint density at radius 1 is 1.09 bits per heavy atom. The molecule has 0 saturated carbocycles.